The lowest BCUT2D eigenvalue weighted by Crippen LogP contribution is -2.39. The summed E-state index contributed by atoms with van der Waals surface area (Å²) in [7, 11) is 0. The average molecular weight is 250 g/mol. The van der Waals surface area contributed by atoms with Crippen molar-refractivity contribution >= 4 is 12.0 Å². The number of urea groups is 1. The molecule has 0 aromatic heterocycles. The van der Waals surface area contributed by atoms with Crippen molar-refractivity contribution in [3.05, 3.63) is 29.8 Å². The van der Waals surface area contributed by atoms with E-state index in [0.717, 1.165) is 12.0 Å². The van der Waals surface area contributed by atoms with E-state index in [4.69, 9.17) is 4.74 Å². The molecular weight excluding hydrogens is 232 g/mol. The van der Waals surface area contributed by atoms with Gasteiger partial charge in [0.2, 0.25) is 0 Å². The minimum Gasteiger partial charge on any atom is -0.425 e. The first-order valence-corrected chi connectivity index (χ1v) is 5.91. The number of hydrogen-bond acceptors (Lipinski definition) is 3. The summed E-state index contributed by atoms with van der Waals surface area (Å²) < 4.78 is 5.04. The Bertz CT molecular complexity index is 401. The third-order valence-corrected chi connectivity index (χ3v) is 2.18. The lowest BCUT2D eigenvalue weighted by Gasteiger charge is -2.07. The quantitative estimate of drug-likeness (QED) is 0.616. The maximum atomic E-state index is 11.4. The van der Waals surface area contributed by atoms with E-state index in [-0.39, 0.29) is 12.6 Å². The molecule has 5 nitrogen and oxygen atoms in total. The second-order valence-corrected chi connectivity index (χ2v) is 3.90. The minimum absolute atomic E-state index is 0.149. The summed E-state index contributed by atoms with van der Waals surface area (Å²) in [5.74, 6) is -0.0214. The highest BCUT2D eigenvalue weighted by atomic mass is 16.5. The van der Waals surface area contributed by atoms with Crippen molar-refractivity contribution in [1.82, 2.24) is 10.6 Å². The van der Waals surface area contributed by atoms with Gasteiger partial charge in [-0.15, -0.1) is 0 Å². The molecule has 98 valence electrons. The highest BCUT2D eigenvalue weighted by molar-refractivity contribution is 5.81. The van der Waals surface area contributed by atoms with Crippen LogP contribution in [0, 0.1) is 6.92 Å². The Morgan fingerprint density at radius 2 is 1.83 bits per heavy atom. The second kappa shape index (κ2) is 7.32. The van der Waals surface area contributed by atoms with E-state index in [1.165, 1.54) is 0 Å². The van der Waals surface area contributed by atoms with Crippen LogP contribution in [0.3, 0.4) is 0 Å². The number of nitrogens with one attached hydrogen (secondary N) is 2. The predicted octanol–water partition coefficient (Wildman–Crippen LogP) is 1.61. The number of carbonyl (C=O) groups excluding carboxylic acids is 2. The van der Waals surface area contributed by atoms with E-state index in [0.29, 0.717) is 12.3 Å². The Morgan fingerprint density at radius 1 is 1.17 bits per heavy atom. The number of aryl methyl sites for hydroxylation is 1. The number of amides is 2. The van der Waals surface area contributed by atoms with Crippen LogP contribution < -0.4 is 15.4 Å². The third kappa shape index (κ3) is 5.34. The molecule has 1 rings (SSSR count). The molecular formula is C13H18N2O3. The Morgan fingerprint density at radius 3 is 2.44 bits per heavy atom. The molecule has 18 heavy (non-hydrogen) atoms. The van der Waals surface area contributed by atoms with Crippen LogP contribution in [0.5, 0.6) is 5.75 Å². The van der Waals surface area contributed by atoms with Gasteiger partial charge in [-0.25, -0.2) is 9.59 Å². The van der Waals surface area contributed by atoms with E-state index in [2.05, 4.69) is 10.6 Å². The van der Waals surface area contributed by atoms with Crippen molar-refractivity contribution in [3.8, 4) is 5.75 Å². The summed E-state index contributed by atoms with van der Waals surface area (Å²) in [6.07, 6.45) is 0.848. The molecule has 0 radical (unpaired) electrons. The lowest BCUT2D eigenvalue weighted by atomic mass is 10.2. The molecule has 0 aliphatic carbocycles. The van der Waals surface area contributed by atoms with Crippen molar-refractivity contribution in [2.24, 2.45) is 0 Å². The zero-order valence-electron chi connectivity index (χ0n) is 10.7. The fourth-order valence-corrected chi connectivity index (χ4v) is 1.23. The molecule has 0 bridgehead atoms. The number of rotatable bonds is 5. The van der Waals surface area contributed by atoms with Crippen LogP contribution in [0.2, 0.25) is 0 Å². The minimum atomic E-state index is -0.495. The van der Waals surface area contributed by atoms with Crippen molar-refractivity contribution in [1.29, 1.82) is 0 Å². The molecule has 0 fully saturated rings. The van der Waals surface area contributed by atoms with Crippen molar-refractivity contribution < 1.29 is 14.3 Å². The molecule has 0 heterocycles. The Labute approximate surface area is 107 Å². The molecule has 0 saturated carbocycles. The molecule has 0 unspecified atom stereocenters. The zero-order chi connectivity index (χ0) is 13.4. The van der Waals surface area contributed by atoms with Gasteiger partial charge in [0.15, 0.2) is 0 Å². The molecule has 0 atom stereocenters. The van der Waals surface area contributed by atoms with Gasteiger partial charge in [-0.3, -0.25) is 0 Å². The van der Waals surface area contributed by atoms with Crippen LogP contribution in [0.1, 0.15) is 18.9 Å². The molecule has 5 heteroatoms. The number of carbonyl (C=O) groups is 2. The van der Waals surface area contributed by atoms with E-state index in [9.17, 15) is 9.59 Å². The summed E-state index contributed by atoms with van der Waals surface area (Å²) in [5, 5.41) is 5.03. The van der Waals surface area contributed by atoms with Crippen LogP contribution in [-0.2, 0) is 4.79 Å². The average Bonchev–Trinajstić information content (AvgIpc) is 2.36. The lowest BCUT2D eigenvalue weighted by molar-refractivity contribution is -0.133. The number of hydrogen-bond donors (Lipinski definition) is 2. The first kappa shape index (κ1) is 14.0. The van der Waals surface area contributed by atoms with Gasteiger partial charge in [-0.2, -0.15) is 0 Å². The van der Waals surface area contributed by atoms with Gasteiger partial charge < -0.3 is 15.4 Å². The van der Waals surface area contributed by atoms with Crippen LogP contribution in [0.25, 0.3) is 0 Å². The first-order chi connectivity index (χ1) is 8.61. The van der Waals surface area contributed by atoms with E-state index >= 15 is 0 Å². The SMILES string of the molecule is CCCNC(=O)NCC(=O)Oc1ccc(C)cc1. The smallest absolute Gasteiger partial charge is 0.330 e. The van der Waals surface area contributed by atoms with E-state index < -0.39 is 5.97 Å². The summed E-state index contributed by atoms with van der Waals surface area (Å²) in [4.78, 5) is 22.6. The highest BCUT2D eigenvalue weighted by Crippen LogP contribution is 2.11. The fourth-order valence-electron chi connectivity index (χ4n) is 1.23. The number of ether oxygens (including phenoxy) is 1. The molecule has 0 spiro atoms. The number of benzene rings is 1. The Kier molecular flexibility index (Phi) is 5.70. The molecule has 0 saturated heterocycles. The first-order valence-electron chi connectivity index (χ1n) is 5.91. The van der Waals surface area contributed by atoms with E-state index in [1.807, 2.05) is 26.0 Å². The summed E-state index contributed by atoms with van der Waals surface area (Å²) in [5.41, 5.74) is 1.09. The predicted molar refractivity (Wildman–Crippen MR) is 68.5 cm³/mol. The molecule has 1 aromatic rings. The topological polar surface area (TPSA) is 67.4 Å². The Hall–Kier alpha value is -2.04. The molecule has 2 amide bonds. The molecule has 0 aliphatic rings. The maximum Gasteiger partial charge on any atom is 0.330 e. The third-order valence-electron chi connectivity index (χ3n) is 2.18. The zero-order valence-corrected chi connectivity index (χ0v) is 10.7. The van der Waals surface area contributed by atoms with Crippen LogP contribution in [0.4, 0.5) is 4.79 Å². The monoisotopic (exact) mass is 250 g/mol. The normalized spacial score (nSPS) is 9.67. The van der Waals surface area contributed by atoms with Crippen LogP contribution >= 0.6 is 0 Å². The Balaban J connectivity index is 2.29. The van der Waals surface area contributed by atoms with Gasteiger partial charge in [0.05, 0.1) is 0 Å². The van der Waals surface area contributed by atoms with Crippen LogP contribution in [-0.4, -0.2) is 25.1 Å². The largest absolute Gasteiger partial charge is 0.425 e. The summed E-state index contributed by atoms with van der Waals surface area (Å²) in [6, 6.07) is 6.76. The van der Waals surface area contributed by atoms with Gasteiger partial charge in [0.25, 0.3) is 0 Å². The van der Waals surface area contributed by atoms with Gasteiger partial charge >= 0.3 is 12.0 Å². The molecule has 0 aliphatic heterocycles. The van der Waals surface area contributed by atoms with Crippen molar-refractivity contribution in [2.45, 2.75) is 20.3 Å². The van der Waals surface area contributed by atoms with Gasteiger partial charge in [0.1, 0.15) is 12.3 Å². The fraction of sp³-hybridized carbons (Fsp3) is 0.385. The van der Waals surface area contributed by atoms with Crippen molar-refractivity contribution in [2.75, 3.05) is 13.1 Å². The van der Waals surface area contributed by atoms with Gasteiger partial charge in [-0.05, 0) is 25.5 Å². The highest BCUT2D eigenvalue weighted by Gasteiger charge is 2.06. The summed E-state index contributed by atoms with van der Waals surface area (Å²) in [6.45, 7) is 4.33. The van der Waals surface area contributed by atoms with Gasteiger partial charge in [-0.1, -0.05) is 24.6 Å². The maximum absolute atomic E-state index is 11.4. The second-order valence-electron chi connectivity index (χ2n) is 3.90. The van der Waals surface area contributed by atoms with Crippen LogP contribution in [0.15, 0.2) is 24.3 Å². The van der Waals surface area contributed by atoms with Crippen molar-refractivity contribution in [3.63, 3.8) is 0 Å². The molecule has 2 N–H and O–H groups in total. The van der Waals surface area contributed by atoms with Gasteiger partial charge in [0, 0.05) is 6.54 Å². The number of esters is 1. The summed E-state index contributed by atoms with van der Waals surface area (Å²) >= 11 is 0. The standard InChI is InChI=1S/C13H18N2O3/c1-3-8-14-13(17)15-9-12(16)18-11-6-4-10(2)5-7-11/h4-7H,3,8-9H2,1-2H3,(H2,14,15,17). The van der Waals surface area contributed by atoms with E-state index in [1.54, 1.807) is 12.1 Å². The molecule has 1 aromatic carbocycles.